The minimum Gasteiger partial charge on any atom is -0.369 e. The molecule has 0 saturated carbocycles. The van der Waals surface area contributed by atoms with Crippen LogP contribution in [-0.4, -0.2) is 44.0 Å². The van der Waals surface area contributed by atoms with Gasteiger partial charge in [0.15, 0.2) is 10.8 Å². The molecule has 0 aliphatic carbocycles. The standard InChI is InChI=1S/C21H26Cl2N6OS/c1-12(2)10-25-18-16-11-26-29(19(16)28-21(27-18)31-13(3)4)8-7-24-20(30)15-6-5-14(22)9-17(15)23/h5-6,9,11-13H,7-8,10H2,1-4H3,(H,24,30)(H,25,27,28). The van der Waals surface area contributed by atoms with Crippen molar-refractivity contribution in [2.24, 2.45) is 5.92 Å². The molecule has 10 heteroatoms. The van der Waals surface area contributed by atoms with E-state index in [4.69, 9.17) is 28.2 Å². The summed E-state index contributed by atoms with van der Waals surface area (Å²) in [5, 5.41) is 13.5. The minimum atomic E-state index is -0.261. The van der Waals surface area contributed by atoms with Crippen molar-refractivity contribution in [2.75, 3.05) is 18.4 Å². The van der Waals surface area contributed by atoms with Gasteiger partial charge in [-0.3, -0.25) is 4.79 Å². The van der Waals surface area contributed by atoms with E-state index in [1.807, 2.05) is 0 Å². The van der Waals surface area contributed by atoms with Gasteiger partial charge in [-0.2, -0.15) is 5.10 Å². The molecule has 0 saturated heterocycles. The van der Waals surface area contributed by atoms with E-state index in [0.29, 0.717) is 45.0 Å². The fraction of sp³-hybridized carbons (Fsp3) is 0.429. The zero-order valence-corrected chi connectivity index (χ0v) is 20.3. The number of carbonyl (C=O) groups excluding carboxylic acids is 1. The lowest BCUT2D eigenvalue weighted by Gasteiger charge is -2.12. The largest absolute Gasteiger partial charge is 0.369 e. The first-order valence-electron chi connectivity index (χ1n) is 10.1. The highest BCUT2D eigenvalue weighted by Gasteiger charge is 2.15. The van der Waals surface area contributed by atoms with Crippen LogP contribution in [0.25, 0.3) is 11.0 Å². The number of nitrogens with one attached hydrogen (secondary N) is 2. The summed E-state index contributed by atoms with van der Waals surface area (Å²) in [6.07, 6.45) is 1.76. The molecule has 7 nitrogen and oxygen atoms in total. The zero-order chi connectivity index (χ0) is 22.5. The van der Waals surface area contributed by atoms with Crippen LogP contribution in [0.5, 0.6) is 0 Å². The maximum absolute atomic E-state index is 12.4. The summed E-state index contributed by atoms with van der Waals surface area (Å²) in [6.45, 7) is 10.2. The van der Waals surface area contributed by atoms with Gasteiger partial charge in [-0.05, 0) is 24.1 Å². The Bertz CT molecular complexity index is 1070. The first kappa shape index (κ1) is 23.6. The molecule has 0 bridgehead atoms. The van der Waals surface area contributed by atoms with Crippen molar-refractivity contribution in [1.29, 1.82) is 0 Å². The van der Waals surface area contributed by atoms with Gasteiger partial charge in [0.25, 0.3) is 5.91 Å². The van der Waals surface area contributed by atoms with Gasteiger partial charge in [-0.25, -0.2) is 14.6 Å². The van der Waals surface area contributed by atoms with E-state index in [1.54, 1.807) is 40.8 Å². The maximum Gasteiger partial charge on any atom is 0.252 e. The molecule has 1 amide bonds. The summed E-state index contributed by atoms with van der Waals surface area (Å²) in [6, 6.07) is 4.80. The molecule has 166 valence electrons. The summed E-state index contributed by atoms with van der Waals surface area (Å²) < 4.78 is 1.78. The molecule has 3 aromatic rings. The molecule has 2 aromatic heterocycles. The number of thioether (sulfide) groups is 1. The number of halogens is 2. The molecule has 3 rings (SSSR count). The van der Waals surface area contributed by atoms with Crippen molar-refractivity contribution in [1.82, 2.24) is 25.1 Å². The maximum atomic E-state index is 12.4. The Morgan fingerprint density at radius 1 is 1.19 bits per heavy atom. The first-order chi connectivity index (χ1) is 14.7. The Kier molecular flexibility index (Phi) is 8.02. The summed E-state index contributed by atoms with van der Waals surface area (Å²) in [5.74, 6) is 1.00. The summed E-state index contributed by atoms with van der Waals surface area (Å²) in [5.41, 5.74) is 1.12. The molecule has 0 atom stereocenters. The number of hydrogen-bond acceptors (Lipinski definition) is 6. The quantitative estimate of drug-likeness (QED) is 0.326. The van der Waals surface area contributed by atoms with Gasteiger partial charge in [-0.15, -0.1) is 0 Å². The fourth-order valence-electron chi connectivity index (χ4n) is 2.84. The van der Waals surface area contributed by atoms with Gasteiger partial charge in [0.2, 0.25) is 0 Å². The number of aromatic nitrogens is 4. The molecule has 2 N–H and O–H groups in total. The van der Waals surface area contributed by atoms with Crippen LogP contribution >= 0.6 is 35.0 Å². The number of amides is 1. The Balaban J connectivity index is 1.76. The Labute approximate surface area is 196 Å². The zero-order valence-electron chi connectivity index (χ0n) is 17.9. The van der Waals surface area contributed by atoms with Gasteiger partial charge in [0, 0.05) is 23.4 Å². The summed E-state index contributed by atoms with van der Waals surface area (Å²) in [7, 11) is 0. The molecule has 0 aliphatic rings. The topological polar surface area (TPSA) is 84.7 Å². The lowest BCUT2D eigenvalue weighted by Crippen LogP contribution is -2.27. The van der Waals surface area contributed by atoms with Crippen molar-refractivity contribution in [3.63, 3.8) is 0 Å². The van der Waals surface area contributed by atoms with E-state index in [2.05, 4.69) is 48.4 Å². The third-order valence-corrected chi connectivity index (χ3v) is 5.69. The van der Waals surface area contributed by atoms with Crippen LogP contribution < -0.4 is 10.6 Å². The highest BCUT2D eigenvalue weighted by atomic mass is 35.5. The molecule has 0 aliphatic heterocycles. The van der Waals surface area contributed by atoms with Crippen LogP contribution in [-0.2, 0) is 6.54 Å². The predicted molar refractivity (Wildman–Crippen MR) is 128 cm³/mol. The normalized spacial score (nSPS) is 11.5. The first-order valence-corrected chi connectivity index (χ1v) is 11.8. The van der Waals surface area contributed by atoms with Crippen LogP contribution in [0.15, 0.2) is 29.6 Å². The van der Waals surface area contributed by atoms with Gasteiger partial charge >= 0.3 is 0 Å². The van der Waals surface area contributed by atoms with E-state index in [-0.39, 0.29) is 5.91 Å². The number of hydrogen-bond donors (Lipinski definition) is 2. The van der Waals surface area contributed by atoms with Crippen LogP contribution in [0, 0.1) is 5.92 Å². The lowest BCUT2D eigenvalue weighted by atomic mass is 10.2. The predicted octanol–water partition coefficient (Wildman–Crippen LogP) is 5.13. The smallest absolute Gasteiger partial charge is 0.252 e. The Hall–Kier alpha value is -2.03. The van der Waals surface area contributed by atoms with Crippen LogP contribution in [0.4, 0.5) is 5.82 Å². The molecule has 2 heterocycles. The van der Waals surface area contributed by atoms with E-state index >= 15 is 0 Å². The Morgan fingerprint density at radius 3 is 2.65 bits per heavy atom. The molecule has 0 unspecified atom stereocenters. The Morgan fingerprint density at radius 2 is 1.97 bits per heavy atom. The third kappa shape index (κ3) is 6.24. The number of nitrogens with zero attached hydrogens (tertiary/aromatic N) is 4. The molecule has 1 aromatic carbocycles. The average molecular weight is 481 g/mol. The number of anilines is 1. The van der Waals surface area contributed by atoms with Gasteiger partial charge < -0.3 is 10.6 Å². The van der Waals surface area contributed by atoms with E-state index in [9.17, 15) is 4.79 Å². The minimum absolute atomic E-state index is 0.261. The highest BCUT2D eigenvalue weighted by molar-refractivity contribution is 7.99. The fourth-order valence-corrected chi connectivity index (χ4v) is 4.04. The second kappa shape index (κ2) is 10.5. The SMILES string of the molecule is CC(C)CNc1nc(SC(C)C)nc2c1cnn2CCNC(=O)c1ccc(Cl)cc1Cl. The molecule has 31 heavy (non-hydrogen) atoms. The number of rotatable bonds is 9. The van der Waals surface area contributed by atoms with Crippen LogP contribution in [0.3, 0.4) is 0 Å². The molecule has 0 fully saturated rings. The summed E-state index contributed by atoms with van der Waals surface area (Å²) in [4.78, 5) is 21.8. The van der Waals surface area contributed by atoms with Crippen molar-refractivity contribution in [3.05, 3.63) is 40.0 Å². The number of benzene rings is 1. The van der Waals surface area contributed by atoms with Crippen molar-refractivity contribution in [3.8, 4) is 0 Å². The average Bonchev–Trinajstić information content (AvgIpc) is 3.08. The monoisotopic (exact) mass is 480 g/mol. The summed E-state index contributed by atoms with van der Waals surface area (Å²) >= 11 is 13.6. The van der Waals surface area contributed by atoms with Gasteiger partial charge in [0.05, 0.1) is 28.7 Å². The molecule has 0 spiro atoms. The second-order valence-electron chi connectivity index (χ2n) is 7.78. The lowest BCUT2D eigenvalue weighted by molar-refractivity contribution is 0.0952. The molecule has 0 radical (unpaired) electrons. The second-order valence-corrected chi connectivity index (χ2v) is 10.2. The van der Waals surface area contributed by atoms with Gasteiger partial charge in [-0.1, -0.05) is 62.7 Å². The third-order valence-electron chi connectivity index (χ3n) is 4.28. The molecular formula is C21H26Cl2N6OS. The van der Waals surface area contributed by atoms with Crippen molar-refractivity contribution < 1.29 is 4.79 Å². The van der Waals surface area contributed by atoms with E-state index in [1.165, 1.54) is 0 Å². The number of fused-ring (bicyclic) bond motifs is 1. The van der Waals surface area contributed by atoms with Crippen LogP contribution in [0.1, 0.15) is 38.1 Å². The van der Waals surface area contributed by atoms with E-state index < -0.39 is 0 Å². The highest BCUT2D eigenvalue weighted by Crippen LogP contribution is 2.26. The van der Waals surface area contributed by atoms with Crippen molar-refractivity contribution >= 4 is 57.7 Å². The van der Waals surface area contributed by atoms with Crippen molar-refractivity contribution in [2.45, 2.75) is 44.6 Å². The van der Waals surface area contributed by atoms with Gasteiger partial charge in [0.1, 0.15) is 5.82 Å². The molecular weight excluding hydrogens is 455 g/mol. The van der Waals surface area contributed by atoms with Crippen LogP contribution in [0.2, 0.25) is 10.0 Å². The van der Waals surface area contributed by atoms with E-state index in [0.717, 1.165) is 23.4 Å². The number of carbonyl (C=O) groups is 1.